The topological polar surface area (TPSA) is 48.0 Å². The second-order valence-corrected chi connectivity index (χ2v) is 4.89. The molecule has 0 N–H and O–H groups in total. The van der Waals surface area contributed by atoms with Gasteiger partial charge in [-0.05, 0) is 36.3 Å². The zero-order valence-electron chi connectivity index (χ0n) is 10.7. The number of rotatable bonds is 1. The molecular weight excluding hydrogens is 252 g/mol. The first-order chi connectivity index (χ1) is 9.83. The molecule has 0 fully saturated rings. The van der Waals surface area contributed by atoms with E-state index in [0.29, 0.717) is 5.39 Å². The molecule has 0 saturated heterocycles. The molecular formula is C16H12N2O2. The third-order valence-corrected chi connectivity index (χ3v) is 3.66. The highest BCUT2D eigenvalue weighted by Gasteiger charge is 2.20. The van der Waals surface area contributed by atoms with Crippen molar-refractivity contribution in [2.75, 3.05) is 0 Å². The van der Waals surface area contributed by atoms with Crippen LogP contribution in [0.2, 0.25) is 0 Å². The summed E-state index contributed by atoms with van der Waals surface area (Å²) in [7, 11) is 0. The number of hydrogen-bond acceptors (Lipinski definition) is 3. The van der Waals surface area contributed by atoms with Crippen LogP contribution in [-0.4, -0.2) is 9.55 Å². The van der Waals surface area contributed by atoms with Crippen LogP contribution in [0.25, 0.3) is 22.6 Å². The number of aryl methyl sites for hydroxylation is 1. The second-order valence-electron chi connectivity index (χ2n) is 4.89. The Labute approximate surface area is 115 Å². The number of para-hydroxylation sites is 1. The normalized spacial score (nSPS) is 15.9. The predicted octanol–water partition coefficient (Wildman–Crippen LogP) is 2.93. The van der Waals surface area contributed by atoms with Gasteiger partial charge in [-0.25, -0.2) is 0 Å². The molecule has 3 aromatic rings. The summed E-state index contributed by atoms with van der Waals surface area (Å²) in [6.45, 7) is 0.854. The largest absolute Gasteiger partial charge is 0.472 e. The quantitative estimate of drug-likeness (QED) is 0.679. The van der Waals surface area contributed by atoms with Gasteiger partial charge in [-0.1, -0.05) is 12.1 Å². The van der Waals surface area contributed by atoms with E-state index in [0.717, 1.165) is 35.4 Å². The third-order valence-electron chi connectivity index (χ3n) is 3.66. The lowest BCUT2D eigenvalue weighted by Gasteiger charge is -2.07. The maximum Gasteiger partial charge on any atom is 0.281 e. The first-order valence-electron chi connectivity index (χ1n) is 6.56. The number of furan rings is 1. The van der Waals surface area contributed by atoms with E-state index in [2.05, 4.69) is 9.55 Å². The molecule has 0 aliphatic carbocycles. The molecule has 0 radical (unpaired) electrons. The van der Waals surface area contributed by atoms with Gasteiger partial charge < -0.3 is 8.98 Å². The molecule has 0 spiro atoms. The molecule has 0 unspecified atom stereocenters. The SMILES string of the molecule is O=c1nc2n(c3ccccc13)CC/C2=C\c1ccoc1. The summed E-state index contributed by atoms with van der Waals surface area (Å²) in [5.74, 6) is 0.773. The molecule has 4 heteroatoms. The molecule has 1 aliphatic rings. The zero-order chi connectivity index (χ0) is 13.5. The molecule has 0 atom stereocenters. The molecule has 4 rings (SSSR count). The van der Waals surface area contributed by atoms with Crippen LogP contribution >= 0.6 is 0 Å². The minimum absolute atomic E-state index is 0.160. The lowest BCUT2D eigenvalue weighted by molar-refractivity contribution is 0.567. The lowest BCUT2D eigenvalue weighted by atomic mass is 10.1. The number of fused-ring (bicyclic) bond motifs is 3. The smallest absolute Gasteiger partial charge is 0.281 e. The molecule has 0 amide bonds. The van der Waals surface area contributed by atoms with Crippen LogP contribution in [0.3, 0.4) is 0 Å². The van der Waals surface area contributed by atoms with Crippen LogP contribution in [0.1, 0.15) is 17.8 Å². The fourth-order valence-electron chi connectivity index (χ4n) is 2.73. The monoisotopic (exact) mass is 264 g/mol. The molecule has 2 aromatic heterocycles. The Bertz CT molecular complexity index is 873. The van der Waals surface area contributed by atoms with Crippen LogP contribution in [0.5, 0.6) is 0 Å². The highest BCUT2D eigenvalue weighted by atomic mass is 16.3. The van der Waals surface area contributed by atoms with E-state index >= 15 is 0 Å². The molecule has 20 heavy (non-hydrogen) atoms. The van der Waals surface area contributed by atoms with Crippen molar-refractivity contribution < 1.29 is 4.42 Å². The summed E-state index contributed by atoms with van der Waals surface area (Å²) in [6.07, 6.45) is 6.24. The Morgan fingerprint density at radius 3 is 3.00 bits per heavy atom. The molecule has 0 saturated carbocycles. The molecule has 3 heterocycles. The minimum Gasteiger partial charge on any atom is -0.472 e. The third kappa shape index (κ3) is 1.61. The Kier molecular flexibility index (Phi) is 2.36. The average molecular weight is 264 g/mol. The maximum atomic E-state index is 12.1. The lowest BCUT2D eigenvalue weighted by Crippen LogP contribution is -2.14. The van der Waals surface area contributed by atoms with Crippen molar-refractivity contribution in [2.45, 2.75) is 13.0 Å². The minimum atomic E-state index is -0.160. The number of hydrogen-bond donors (Lipinski definition) is 0. The summed E-state index contributed by atoms with van der Waals surface area (Å²) in [4.78, 5) is 16.4. The van der Waals surface area contributed by atoms with Crippen LogP contribution in [-0.2, 0) is 6.54 Å². The van der Waals surface area contributed by atoms with Crippen molar-refractivity contribution in [3.05, 3.63) is 64.6 Å². The van der Waals surface area contributed by atoms with Crippen molar-refractivity contribution in [1.82, 2.24) is 9.55 Å². The highest BCUT2D eigenvalue weighted by Crippen LogP contribution is 2.29. The number of aromatic nitrogens is 2. The van der Waals surface area contributed by atoms with Crippen LogP contribution in [0, 0.1) is 0 Å². The van der Waals surface area contributed by atoms with Crippen molar-refractivity contribution in [3.8, 4) is 0 Å². The van der Waals surface area contributed by atoms with Gasteiger partial charge in [-0.15, -0.1) is 0 Å². The van der Waals surface area contributed by atoms with Gasteiger partial charge in [0.2, 0.25) is 0 Å². The number of benzene rings is 1. The van der Waals surface area contributed by atoms with Crippen molar-refractivity contribution in [3.63, 3.8) is 0 Å². The molecule has 0 bridgehead atoms. The molecule has 1 aromatic carbocycles. The Morgan fingerprint density at radius 2 is 2.15 bits per heavy atom. The van der Waals surface area contributed by atoms with Crippen LogP contribution < -0.4 is 5.56 Å². The van der Waals surface area contributed by atoms with Gasteiger partial charge in [0.25, 0.3) is 5.56 Å². The summed E-state index contributed by atoms with van der Waals surface area (Å²) in [5.41, 5.74) is 2.87. The summed E-state index contributed by atoms with van der Waals surface area (Å²) >= 11 is 0. The van der Waals surface area contributed by atoms with E-state index in [1.54, 1.807) is 12.5 Å². The van der Waals surface area contributed by atoms with Crippen molar-refractivity contribution in [2.24, 2.45) is 0 Å². The predicted molar refractivity (Wildman–Crippen MR) is 77.2 cm³/mol. The first kappa shape index (κ1) is 11.2. The average Bonchev–Trinajstić information content (AvgIpc) is 3.11. The second kappa shape index (κ2) is 4.20. The van der Waals surface area contributed by atoms with Crippen LogP contribution in [0.15, 0.2) is 52.1 Å². The molecule has 98 valence electrons. The van der Waals surface area contributed by atoms with Gasteiger partial charge in [0.1, 0.15) is 5.82 Å². The van der Waals surface area contributed by atoms with Gasteiger partial charge in [0, 0.05) is 12.1 Å². The van der Waals surface area contributed by atoms with Crippen molar-refractivity contribution in [1.29, 1.82) is 0 Å². The standard InChI is InChI=1S/C16H12N2O2/c19-16-13-3-1-2-4-14(13)18-7-5-12(15(18)17-16)9-11-6-8-20-10-11/h1-4,6,8-10H,5,7H2/b12-9+. The summed E-state index contributed by atoms with van der Waals surface area (Å²) in [6, 6.07) is 9.52. The number of allylic oxidation sites excluding steroid dienone is 1. The summed E-state index contributed by atoms with van der Waals surface area (Å²) < 4.78 is 7.19. The molecule has 1 aliphatic heterocycles. The van der Waals surface area contributed by atoms with E-state index in [9.17, 15) is 4.79 Å². The van der Waals surface area contributed by atoms with Crippen LogP contribution in [0.4, 0.5) is 0 Å². The first-order valence-corrected chi connectivity index (χ1v) is 6.56. The maximum absolute atomic E-state index is 12.1. The number of nitrogens with zero attached hydrogens (tertiary/aromatic N) is 2. The summed E-state index contributed by atoms with van der Waals surface area (Å²) in [5, 5.41) is 0.681. The Hall–Kier alpha value is -2.62. The molecule has 4 nitrogen and oxygen atoms in total. The highest BCUT2D eigenvalue weighted by molar-refractivity contribution is 5.85. The Morgan fingerprint density at radius 1 is 1.25 bits per heavy atom. The van der Waals surface area contributed by atoms with Gasteiger partial charge in [0.15, 0.2) is 0 Å². The zero-order valence-corrected chi connectivity index (χ0v) is 10.7. The van der Waals surface area contributed by atoms with Gasteiger partial charge in [0.05, 0.1) is 23.4 Å². The fourth-order valence-corrected chi connectivity index (χ4v) is 2.73. The Balaban J connectivity index is 1.97. The van der Waals surface area contributed by atoms with E-state index in [4.69, 9.17) is 4.42 Å². The van der Waals surface area contributed by atoms with E-state index in [-0.39, 0.29) is 5.56 Å². The van der Waals surface area contributed by atoms with E-state index in [1.807, 2.05) is 36.4 Å². The fraction of sp³-hybridized carbons (Fsp3) is 0.125. The van der Waals surface area contributed by atoms with E-state index in [1.165, 1.54) is 0 Å². The van der Waals surface area contributed by atoms with Gasteiger partial charge >= 0.3 is 0 Å². The van der Waals surface area contributed by atoms with Crippen molar-refractivity contribution >= 4 is 22.6 Å². The van der Waals surface area contributed by atoms with E-state index < -0.39 is 0 Å². The van der Waals surface area contributed by atoms with Gasteiger partial charge in [-0.3, -0.25) is 4.79 Å². The van der Waals surface area contributed by atoms with Gasteiger partial charge in [-0.2, -0.15) is 4.98 Å².